The van der Waals surface area contributed by atoms with Gasteiger partial charge in [0.05, 0.1) is 6.26 Å². The number of aryl methyl sites for hydroxylation is 1. The topological polar surface area (TPSA) is 160 Å². The molecule has 4 N–H and O–H groups in total. The van der Waals surface area contributed by atoms with E-state index in [4.69, 9.17) is 4.42 Å². The van der Waals surface area contributed by atoms with Crippen LogP contribution in [0.15, 0.2) is 4.42 Å². The standard InChI is InChI=1S/C19H31N5O6S/c1-10(2)14-19-23-15(12(4)30-19)18(27)21-11(3)16(25)20-9-7-6-8-13(17(26)22-14)24-31(5,28)29/h10-11,13-14,24H,6-9H2,1-5H3,(H,20,25)(H,21,27)(H,22,26)/t11-,13+,14+/m1/s1. The molecule has 0 saturated carbocycles. The Kier molecular flexibility index (Phi) is 8.18. The van der Waals surface area contributed by atoms with E-state index in [1.54, 1.807) is 13.8 Å². The van der Waals surface area contributed by atoms with Crippen molar-refractivity contribution < 1.29 is 27.2 Å². The van der Waals surface area contributed by atoms with Crippen LogP contribution in [0.4, 0.5) is 0 Å². The van der Waals surface area contributed by atoms with Gasteiger partial charge in [0.1, 0.15) is 23.9 Å². The molecule has 3 amide bonds. The Morgan fingerprint density at radius 1 is 1.13 bits per heavy atom. The third kappa shape index (κ3) is 7.03. The van der Waals surface area contributed by atoms with Gasteiger partial charge in [0, 0.05) is 6.54 Å². The summed E-state index contributed by atoms with van der Waals surface area (Å²) in [6, 6.07) is -2.44. The predicted octanol–water partition coefficient (Wildman–Crippen LogP) is 0.133. The van der Waals surface area contributed by atoms with E-state index in [2.05, 4.69) is 25.7 Å². The Balaban J connectivity index is 2.40. The lowest BCUT2D eigenvalue weighted by Gasteiger charge is -2.23. The zero-order valence-corrected chi connectivity index (χ0v) is 19.3. The van der Waals surface area contributed by atoms with E-state index in [-0.39, 0.29) is 35.6 Å². The summed E-state index contributed by atoms with van der Waals surface area (Å²) < 4.78 is 31.5. The van der Waals surface area contributed by atoms with Crippen LogP contribution in [0.5, 0.6) is 0 Å². The first kappa shape index (κ1) is 24.8. The molecule has 0 saturated heterocycles. The van der Waals surface area contributed by atoms with Gasteiger partial charge in [0.2, 0.25) is 27.7 Å². The van der Waals surface area contributed by atoms with Crippen molar-refractivity contribution in [3.63, 3.8) is 0 Å². The Bertz CT molecular complexity index is 926. The lowest BCUT2D eigenvalue weighted by molar-refractivity contribution is -0.124. The number of nitrogens with one attached hydrogen (secondary N) is 4. The smallest absolute Gasteiger partial charge is 0.274 e. The maximum Gasteiger partial charge on any atom is 0.274 e. The number of oxazole rings is 1. The van der Waals surface area contributed by atoms with E-state index in [1.807, 2.05) is 13.8 Å². The molecule has 0 radical (unpaired) electrons. The molecule has 0 aromatic carbocycles. The number of nitrogens with zero attached hydrogens (tertiary/aromatic N) is 1. The summed E-state index contributed by atoms with van der Waals surface area (Å²) in [5, 5.41) is 8.10. The molecule has 0 aliphatic carbocycles. The molecule has 0 unspecified atom stereocenters. The first-order chi connectivity index (χ1) is 14.4. The number of carbonyl (C=O) groups is 3. The molecule has 2 heterocycles. The van der Waals surface area contributed by atoms with Crippen LogP contribution in [0, 0.1) is 12.8 Å². The van der Waals surface area contributed by atoms with Gasteiger partial charge in [-0.15, -0.1) is 0 Å². The fraction of sp³-hybridized carbons (Fsp3) is 0.684. The monoisotopic (exact) mass is 457 g/mol. The Hall–Kier alpha value is -2.47. The summed E-state index contributed by atoms with van der Waals surface area (Å²) in [5.74, 6) is -1.21. The minimum Gasteiger partial charge on any atom is -0.443 e. The fourth-order valence-electron chi connectivity index (χ4n) is 3.20. The molecular weight excluding hydrogens is 426 g/mol. The van der Waals surface area contributed by atoms with Crippen molar-refractivity contribution in [3.8, 4) is 0 Å². The Labute approximate surface area is 182 Å². The lowest BCUT2D eigenvalue weighted by atomic mass is 10.0. The zero-order chi connectivity index (χ0) is 23.3. The molecule has 1 aromatic heterocycles. The quantitative estimate of drug-likeness (QED) is 0.502. The number of hydrogen-bond donors (Lipinski definition) is 4. The van der Waals surface area contributed by atoms with Gasteiger partial charge in [-0.05, 0) is 39.0 Å². The van der Waals surface area contributed by atoms with Crippen LogP contribution in [0.3, 0.4) is 0 Å². The second-order valence-electron chi connectivity index (χ2n) is 8.11. The molecule has 174 valence electrons. The van der Waals surface area contributed by atoms with Crippen LogP contribution in [0.1, 0.15) is 68.2 Å². The summed E-state index contributed by atoms with van der Waals surface area (Å²) in [6.45, 7) is 7.14. The minimum atomic E-state index is -3.63. The van der Waals surface area contributed by atoms with E-state index < -0.39 is 40.0 Å². The van der Waals surface area contributed by atoms with Crippen LogP contribution in [-0.4, -0.2) is 56.0 Å². The van der Waals surface area contributed by atoms with E-state index in [1.165, 1.54) is 0 Å². The fourth-order valence-corrected chi connectivity index (χ4v) is 3.94. The van der Waals surface area contributed by atoms with Crippen molar-refractivity contribution >= 4 is 27.7 Å². The highest BCUT2D eigenvalue weighted by atomic mass is 32.2. The van der Waals surface area contributed by atoms with Crippen LogP contribution >= 0.6 is 0 Å². The SMILES string of the molecule is Cc1oc2nc1C(=O)N[C@H](C)C(=O)NCCCC[C@H](NS(C)(=O)=O)C(=O)N[C@H]2C(C)C. The van der Waals surface area contributed by atoms with Gasteiger partial charge in [0.15, 0.2) is 5.69 Å². The molecule has 1 aliphatic heterocycles. The Morgan fingerprint density at radius 2 is 1.81 bits per heavy atom. The van der Waals surface area contributed by atoms with E-state index in [0.29, 0.717) is 19.4 Å². The van der Waals surface area contributed by atoms with Gasteiger partial charge < -0.3 is 20.4 Å². The zero-order valence-electron chi connectivity index (χ0n) is 18.4. The number of carbonyl (C=O) groups excluding carboxylic acids is 3. The molecule has 2 bridgehead atoms. The number of fused-ring (bicyclic) bond motifs is 2. The molecule has 3 atom stereocenters. The highest BCUT2D eigenvalue weighted by Gasteiger charge is 2.31. The third-order valence-corrected chi connectivity index (χ3v) is 5.60. The lowest BCUT2D eigenvalue weighted by Crippen LogP contribution is -2.48. The van der Waals surface area contributed by atoms with Gasteiger partial charge in [-0.1, -0.05) is 13.8 Å². The summed E-state index contributed by atoms with van der Waals surface area (Å²) >= 11 is 0. The molecule has 1 aromatic rings. The Morgan fingerprint density at radius 3 is 2.42 bits per heavy atom. The van der Waals surface area contributed by atoms with Gasteiger partial charge in [-0.3, -0.25) is 14.4 Å². The number of rotatable bonds is 3. The molecule has 12 heteroatoms. The summed E-state index contributed by atoms with van der Waals surface area (Å²) in [4.78, 5) is 42.0. The van der Waals surface area contributed by atoms with Crippen molar-refractivity contribution in [1.29, 1.82) is 0 Å². The molecule has 11 nitrogen and oxygen atoms in total. The van der Waals surface area contributed by atoms with Gasteiger partial charge in [-0.25, -0.2) is 18.1 Å². The third-order valence-electron chi connectivity index (χ3n) is 4.89. The van der Waals surface area contributed by atoms with Gasteiger partial charge in [-0.2, -0.15) is 0 Å². The summed E-state index contributed by atoms with van der Waals surface area (Å²) in [7, 11) is -3.63. The first-order valence-corrected chi connectivity index (χ1v) is 12.1. The van der Waals surface area contributed by atoms with Gasteiger partial charge in [0.25, 0.3) is 5.91 Å². The summed E-state index contributed by atoms with van der Waals surface area (Å²) in [6.07, 6.45) is 2.27. The number of aromatic nitrogens is 1. The molecule has 31 heavy (non-hydrogen) atoms. The van der Waals surface area contributed by atoms with E-state index >= 15 is 0 Å². The van der Waals surface area contributed by atoms with Crippen LogP contribution in [-0.2, 0) is 19.6 Å². The second kappa shape index (κ2) is 10.2. The largest absolute Gasteiger partial charge is 0.443 e. The van der Waals surface area contributed by atoms with E-state index in [9.17, 15) is 22.8 Å². The van der Waals surface area contributed by atoms with Crippen LogP contribution in [0.2, 0.25) is 0 Å². The number of amides is 3. The first-order valence-electron chi connectivity index (χ1n) is 10.2. The van der Waals surface area contributed by atoms with Crippen molar-refractivity contribution in [2.45, 2.75) is 65.1 Å². The number of sulfonamides is 1. The average Bonchev–Trinajstić information content (AvgIpc) is 3.03. The maximum atomic E-state index is 12.9. The van der Waals surface area contributed by atoms with E-state index in [0.717, 1.165) is 6.26 Å². The predicted molar refractivity (Wildman–Crippen MR) is 113 cm³/mol. The number of hydrogen-bond acceptors (Lipinski definition) is 7. The second-order valence-corrected chi connectivity index (χ2v) is 9.89. The summed E-state index contributed by atoms with van der Waals surface area (Å²) in [5.41, 5.74) is 0.0208. The van der Waals surface area contributed by atoms with Gasteiger partial charge >= 0.3 is 0 Å². The normalized spacial score (nSPS) is 24.5. The molecule has 0 spiro atoms. The molecule has 2 rings (SSSR count). The van der Waals surface area contributed by atoms with Crippen LogP contribution < -0.4 is 20.7 Å². The van der Waals surface area contributed by atoms with Crippen molar-refractivity contribution in [2.24, 2.45) is 5.92 Å². The minimum absolute atomic E-state index is 0.0208. The highest BCUT2D eigenvalue weighted by molar-refractivity contribution is 7.88. The maximum absolute atomic E-state index is 12.9. The van der Waals surface area contributed by atoms with Crippen molar-refractivity contribution in [1.82, 2.24) is 25.7 Å². The van der Waals surface area contributed by atoms with Crippen molar-refractivity contribution in [2.75, 3.05) is 12.8 Å². The highest BCUT2D eigenvalue weighted by Crippen LogP contribution is 2.24. The van der Waals surface area contributed by atoms with Crippen LogP contribution in [0.25, 0.3) is 0 Å². The molecule has 0 fully saturated rings. The molecular formula is C19H31N5O6S. The van der Waals surface area contributed by atoms with Crippen molar-refractivity contribution in [3.05, 3.63) is 17.3 Å². The molecule has 1 aliphatic rings. The average molecular weight is 458 g/mol.